The van der Waals surface area contributed by atoms with Crippen LogP contribution in [0.2, 0.25) is 0 Å². The van der Waals surface area contributed by atoms with Gasteiger partial charge in [0, 0.05) is 40.7 Å². The van der Waals surface area contributed by atoms with Crippen LogP contribution in [0.1, 0.15) is 36.5 Å². The number of methoxy groups -OCH3 is 1. The number of fused-ring (bicyclic) bond motifs is 3. The third-order valence-electron chi connectivity index (χ3n) is 7.16. The molecule has 40 heavy (non-hydrogen) atoms. The van der Waals surface area contributed by atoms with Crippen LogP contribution < -0.4 is 15.4 Å². The zero-order chi connectivity index (χ0) is 27.6. The Morgan fingerprint density at radius 1 is 0.900 bits per heavy atom. The van der Waals surface area contributed by atoms with Gasteiger partial charge in [0.25, 0.3) is 0 Å². The lowest BCUT2D eigenvalue weighted by Crippen LogP contribution is -2.38. The number of nitrogens with zero attached hydrogens (tertiary/aromatic N) is 5. The Hall–Kier alpha value is -4.99. The van der Waals surface area contributed by atoms with Gasteiger partial charge in [-0.2, -0.15) is 4.52 Å². The van der Waals surface area contributed by atoms with Gasteiger partial charge in [-0.1, -0.05) is 24.3 Å². The number of hydrogen-bond acceptors (Lipinski definition) is 7. The Bertz CT molecular complexity index is 1720. The largest absolute Gasteiger partial charge is 0.497 e. The van der Waals surface area contributed by atoms with Gasteiger partial charge in [0.15, 0.2) is 23.1 Å². The first-order chi connectivity index (χ1) is 19.5. The third kappa shape index (κ3) is 4.79. The van der Waals surface area contributed by atoms with Crippen LogP contribution in [-0.2, 0) is 0 Å². The van der Waals surface area contributed by atoms with Gasteiger partial charge in [-0.25, -0.2) is 4.79 Å². The van der Waals surface area contributed by atoms with E-state index >= 15 is 0 Å². The lowest BCUT2D eigenvalue weighted by atomic mass is 10.1. The molecule has 2 N–H and O–H groups in total. The summed E-state index contributed by atoms with van der Waals surface area (Å²) >= 11 is 0. The molecule has 0 radical (unpaired) electrons. The van der Waals surface area contributed by atoms with Crippen molar-refractivity contribution >= 4 is 45.4 Å². The smallest absolute Gasteiger partial charge is 0.321 e. The molecule has 1 aliphatic rings. The van der Waals surface area contributed by atoms with E-state index in [1.165, 1.54) is 6.92 Å². The molecule has 1 saturated heterocycles. The minimum absolute atomic E-state index is 0.134. The number of piperidine rings is 1. The topological polar surface area (TPSA) is 114 Å². The Balaban J connectivity index is 1.38. The van der Waals surface area contributed by atoms with E-state index in [1.807, 2.05) is 53.4 Å². The van der Waals surface area contributed by atoms with Gasteiger partial charge in [-0.05, 0) is 68.7 Å². The number of amides is 2. The second kappa shape index (κ2) is 10.6. The maximum atomic E-state index is 12.7. The van der Waals surface area contributed by atoms with Crippen molar-refractivity contribution in [1.29, 1.82) is 0 Å². The first-order valence-corrected chi connectivity index (χ1v) is 13.3. The molecule has 0 unspecified atom stereocenters. The molecule has 3 heterocycles. The van der Waals surface area contributed by atoms with Crippen LogP contribution in [0.3, 0.4) is 0 Å². The number of urea groups is 1. The summed E-state index contributed by atoms with van der Waals surface area (Å²) in [7, 11) is 1.62. The molecule has 10 heteroatoms. The molecule has 202 valence electrons. The molecular formula is C30H29N7O3. The number of ether oxygens (including phenoxy) is 1. The number of benzene rings is 3. The molecule has 0 atom stereocenters. The first-order valence-electron chi connectivity index (χ1n) is 13.3. The lowest BCUT2D eigenvalue weighted by Gasteiger charge is -2.27. The number of nitrogens with one attached hydrogen (secondary N) is 2. The number of ketones is 1. The van der Waals surface area contributed by atoms with Gasteiger partial charge < -0.3 is 20.3 Å². The van der Waals surface area contributed by atoms with Crippen molar-refractivity contribution in [2.45, 2.75) is 26.2 Å². The summed E-state index contributed by atoms with van der Waals surface area (Å²) in [4.78, 5) is 27.3. The van der Waals surface area contributed by atoms with Crippen LogP contribution >= 0.6 is 0 Å². The van der Waals surface area contributed by atoms with Crippen molar-refractivity contribution in [3.63, 3.8) is 0 Å². The summed E-state index contributed by atoms with van der Waals surface area (Å²) in [5.41, 5.74) is 3.05. The molecule has 0 saturated carbocycles. The Labute approximate surface area is 231 Å². The van der Waals surface area contributed by atoms with Crippen LogP contribution in [-0.4, -0.2) is 56.7 Å². The third-order valence-corrected chi connectivity index (χ3v) is 7.16. The average molecular weight is 536 g/mol. The predicted octanol–water partition coefficient (Wildman–Crippen LogP) is 5.92. The molecule has 5 aromatic rings. The number of likely N-dealkylation sites (tertiary alicyclic amines) is 1. The van der Waals surface area contributed by atoms with Crippen molar-refractivity contribution in [3.05, 3.63) is 72.3 Å². The van der Waals surface area contributed by atoms with Crippen LogP contribution in [0.4, 0.5) is 22.0 Å². The van der Waals surface area contributed by atoms with E-state index in [4.69, 9.17) is 9.84 Å². The summed E-state index contributed by atoms with van der Waals surface area (Å²) in [6.07, 6.45) is 3.16. The highest BCUT2D eigenvalue weighted by Gasteiger charge is 2.19. The highest BCUT2D eigenvalue weighted by atomic mass is 16.5. The molecule has 0 bridgehead atoms. The SMILES string of the molecule is COc1ccc(-c2nnc3c4ccccc4c(Nc4ccc(NC(=O)N5CCCCC5)cc4C(C)=O)nn23)cc1. The lowest BCUT2D eigenvalue weighted by molar-refractivity contribution is 0.101. The summed E-state index contributed by atoms with van der Waals surface area (Å²) in [5.74, 6) is 1.73. The zero-order valence-electron chi connectivity index (χ0n) is 22.3. The van der Waals surface area contributed by atoms with Crippen LogP contribution in [0.25, 0.3) is 27.8 Å². The number of anilines is 3. The molecule has 0 spiro atoms. The molecule has 1 aliphatic heterocycles. The summed E-state index contributed by atoms with van der Waals surface area (Å²) in [5, 5.41) is 21.7. The number of hydrogen-bond donors (Lipinski definition) is 2. The minimum Gasteiger partial charge on any atom is -0.497 e. The quantitative estimate of drug-likeness (QED) is 0.260. The van der Waals surface area contributed by atoms with Crippen molar-refractivity contribution in [2.75, 3.05) is 30.8 Å². The molecule has 1 fully saturated rings. The Morgan fingerprint density at radius 2 is 1.65 bits per heavy atom. The Morgan fingerprint density at radius 3 is 2.38 bits per heavy atom. The van der Waals surface area contributed by atoms with Crippen molar-refractivity contribution in [1.82, 2.24) is 24.7 Å². The standard InChI is InChI=1S/C30H29N7O3/c1-19(38)25-18-21(31-30(39)36-16-6-3-7-17-36)12-15-26(25)32-27-23-8-4-5-9-24(23)29-34-33-28(37(29)35-27)20-10-13-22(40-2)14-11-20/h4-5,8-15,18H,3,6-7,16-17H2,1-2H3,(H,31,39)(H,32,35). The second-order valence-electron chi connectivity index (χ2n) is 9.80. The maximum Gasteiger partial charge on any atom is 0.321 e. The van der Waals surface area contributed by atoms with E-state index in [9.17, 15) is 9.59 Å². The highest BCUT2D eigenvalue weighted by Crippen LogP contribution is 2.32. The predicted molar refractivity (Wildman–Crippen MR) is 154 cm³/mol. The fourth-order valence-corrected chi connectivity index (χ4v) is 5.04. The van der Waals surface area contributed by atoms with Crippen molar-refractivity contribution < 1.29 is 14.3 Å². The summed E-state index contributed by atoms with van der Waals surface area (Å²) in [6, 6.07) is 20.5. The summed E-state index contributed by atoms with van der Waals surface area (Å²) in [6.45, 7) is 2.99. The molecule has 10 nitrogen and oxygen atoms in total. The number of carbonyl (C=O) groups is 2. The second-order valence-corrected chi connectivity index (χ2v) is 9.80. The molecule has 2 amide bonds. The van der Waals surface area contributed by atoms with E-state index in [1.54, 1.807) is 29.8 Å². The van der Waals surface area contributed by atoms with Crippen molar-refractivity contribution in [2.24, 2.45) is 0 Å². The van der Waals surface area contributed by atoms with Gasteiger partial charge in [0.2, 0.25) is 0 Å². The van der Waals surface area contributed by atoms with Crippen molar-refractivity contribution in [3.8, 4) is 17.1 Å². The van der Waals surface area contributed by atoms with Crippen LogP contribution in [0.15, 0.2) is 66.7 Å². The first kappa shape index (κ1) is 25.3. The van der Waals surface area contributed by atoms with Gasteiger partial charge in [0.1, 0.15) is 5.75 Å². The molecule has 6 rings (SSSR count). The molecule has 0 aliphatic carbocycles. The number of rotatable bonds is 6. The molecular weight excluding hydrogens is 506 g/mol. The number of aromatic nitrogens is 4. The van der Waals surface area contributed by atoms with Gasteiger partial charge in [-0.15, -0.1) is 15.3 Å². The molecule has 2 aromatic heterocycles. The Kier molecular flexibility index (Phi) is 6.73. The van der Waals surface area contributed by atoms with Gasteiger partial charge in [0.05, 0.1) is 12.8 Å². The van der Waals surface area contributed by atoms with E-state index in [-0.39, 0.29) is 11.8 Å². The maximum absolute atomic E-state index is 12.7. The number of carbonyl (C=O) groups excluding carboxylic acids is 2. The van der Waals surface area contributed by atoms with Crippen LogP contribution in [0.5, 0.6) is 5.75 Å². The minimum atomic E-state index is -0.147. The highest BCUT2D eigenvalue weighted by molar-refractivity contribution is 6.05. The van der Waals surface area contributed by atoms with E-state index in [0.717, 1.165) is 54.4 Å². The monoisotopic (exact) mass is 535 g/mol. The fraction of sp³-hybridized carbons (Fsp3) is 0.233. The van der Waals surface area contributed by atoms with Gasteiger partial charge in [-0.3, -0.25) is 4.79 Å². The average Bonchev–Trinajstić information content (AvgIpc) is 3.42. The number of Topliss-reactive ketones (excluding diaryl/α,β-unsaturated/α-hetero) is 1. The van der Waals surface area contributed by atoms with Crippen LogP contribution in [0, 0.1) is 0 Å². The van der Waals surface area contributed by atoms with E-state index in [0.29, 0.717) is 34.2 Å². The fourth-order valence-electron chi connectivity index (χ4n) is 5.04. The molecule has 3 aromatic carbocycles. The summed E-state index contributed by atoms with van der Waals surface area (Å²) < 4.78 is 6.99. The van der Waals surface area contributed by atoms with E-state index < -0.39 is 0 Å². The van der Waals surface area contributed by atoms with Gasteiger partial charge >= 0.3 is 6.03 Å². The van der Waals surface area contributed by atoms with E-state index in [2.05, 4.69) is 20.8 Å². The normalized spacial score (nSPS) is 13.4. The zero-order valence-corrected chi connectivity index (χ0v) is 22.3.